The van der Waals surface area contributed by atoms with E-state index in [1.165, 1.54) is 0 Å². The van der Waals surface area contributed by atoms with Gasteiger partial charge in [-0.05, 0) is 19.8 Å². The molecule has 2 heterocycles. The van der Waals surface area contributed by atoms with Crippen LogP contribution in [0.3, 0.4) is 0 Å². The van der Waals surface area contributed by atoms with E-state index in [4.69, 9.17) is 17.0 Å². The highest BCUT2D eigenvalue weighted by molar-refractivity contribution is 7.71. The van der Waals surface area contributed by atoms with Crippen molar-refractivity contribution in [2.24, 2.45) is 0 Å². The van der Waals surface area contributed by atoms with Gasteiger partial charge in [-0.1, -0.05) is 12.2 Å². The quantitative estimate of drug-likeness (QED) is 0.776. The van der Waals surface area contributed by atoms with E-state index < -0.39 is 0 Å². The molecule has 1 fully saturated rings. The lowest BCUT2D eigenvalue weighted by atomic mass is 10.2. The molecule has 82 valence electrons. The van der Waals surface area contributed by atoms with Gasteiger partial charge in [0.1, 0.15) is 22.4 Å². The molecule has 2 rings (SSSR count). The molecule has 1 atom stereocenters. The number of aromatic nitrogens is 2. The highest BCUT2D eigenvalue weighted by atomic mass is 32.1. The predicted molar refractivity (Wildman–Crippen MR) is 61.5 cm³/mol. The van der Waals surface area contributed by atoms with Gasteiger partial charge in [0.05, 0.1) is 0 Å². The minimum Gasteiger partial charge on any atom is -0.372 e. The number of nitrogens with zero attached hydrogens (tertiary/aromatic N) is 1. The maximum absolute atomic E-state index is 5.56. The van der Waals surface area contributed by atoms with Crippen molar-refractivity contribution in [3.05, 3.63) is 16.5 Å². The summed E-state index contributed by atoms with van der Waals surface area (Å²) in [4.78, 5) is 7.51. The third-order valence-corrected chi connectivity index (χ3v) is 2.57. The van der Waals surface area contributed by atoms with Crippen LogP contribution in [0.25, 0.3) is 0 Å². The molecule has 0 radical (unpaired) electrons. The SMILES string of the molecule is CCNc1cc(=S)nc(C2CCCO2)[nH]1. The topological polar surface area (TPSA) is 49.9 Å². The Kier molecular flexibility index (Phi) is 3.33. The standard InChI is InChI=1S/C10H15N3OS/c1-2-11-8-6-9(15)13-10(12-8)7-4-3-5-14-7/h6-7H,2-5H2,1H3,(H2,11,12,13,15). The second-order valence-electron chi connectivity index (χ2n) is 3.55. The molecule has 0 aromatic carbocycles. The summed E-state index contributed by atoms with van der Waals surface area (Å²) >= 11 is 5.11. The molecule has 1 aliphatic rings. The van der Waals surface area contributed by atoms with Gasteiger partial charge in [-0.25, -0.2) is 4.98 Å². The number of rotatable bonds is 3. The van der Waals surface area contributed by atoms with Gasteiger partial charge in [0.25, 0.3) is 0 Å². The van der Waals surface area contributed by atoms with Gasteiger partial charge in [-0.15, -0.1) is 0 Å². The van der Waals surface area contributed by atoms with Gasteiger partial charge >= 0.3 is 0 Å². The maximum Gasteiger partial charge on any atom is 0.138 e. The molecule has 1 aliphatic heterocycles. The van der Waals surface area contributed by atoms with Crippen molar-refractivity contribution in [3.8, 4) is 0 Å². The largest absolute Gasteiger partial charge is 0.372 e. The summed E-state index contributed by atoms with van der Waals surface area (Å²) in [6.45, 7) is 3.72. The fraction of sp³-hybridized carbons (Fsp3) is 0.600. The highest BCUT2D eigenvalue weighted by Crippen LogP contribution is 2.26. The molecule has 0 amide bonds. The van der Waals surface area contributed by atoms with Crippen LogP contribution in [0.1, 0.15) is 31.7 Å². The molecular formula is C10H15N3OS. The first-order valence-corrected chi connectivity index (χ1v) is 5.67. The second-order valence-corrected chi connectivity index (χ2v) is 3.97. The zero-order valence-corrected chi connectivity index (χ0v) is 9.56. The maximum atomic E-state index is 5.56. The third-order valence-electron chi connectivity index (χ3n) is 2.36. The van der Waals surface area contributed by atoms with Crippen LogP contribution in [0.4, 0.5) is 5.82 Å². The van der Waals surface area contributed by atoms with Crippen molar-refractivity contribution in [1.29, 1.82) is 0 Å². The van der Waals surface area contributed by atoms with E-state index in [1.807, 2.05) is 13.0 Å². The number of nitrogens with one attached hydrogen (secondary N) is 2. The van der Waals surface area contributed by atoms with Crippen molar-refractivity contribution in [2.75, 3.05) is 18.5 Å². The van der Waals surface area contributed by atoms with E-state index in [0.29, 0.717) is 4.64 Å². The lowest BCUT2D eigenvalue weighted by molar-refractivity contribution is 0.105. The van der Waals surface area contributed by atoms with E-state index in [-0.39, 0.29) is 6.10 Å². The van der Waals surface area contributed by atoms with Gasteiger partial charge < -0.3 is 15.0 Å². The molecule has 1 aromatic rings. The van der Waals surface area contributed by atoms with Gasteiger partial charge in [-0.2, -0.15) is 0 Å². The number of hydrogen-bond acceptors (Lipinski definition) is 4. The zero-order chi connectivity index (χ0) is 10.7. The summed E-state index contributed by atoms with van der Waals surface area (Å²) in [7, 11) is 0. The number of aromatic amines is 1. The lowest BCUT2D eigenvalue weighted by Gasteiger charge is -2.11. The molecule has 5 heteroatoms. The number of hydrogen-bond donors (Lipinski definition) is 2. The van der Waals surface area contributed by atoms with E-state index in [9.17, 15) is 0 Å². The van der Waals surface area contributed by atoms with Crippen molar-refractivity contribution < 1.29 is 4.74 Å². The summed E-state index contributed by atoms with van der Waals surface area (Å²) in [5, 5.41) is 3.19. The Labute approximate surface area is 94.1 Å². The second kappa shape index (κ2) is 4.72. The third kappa shape index (κ3) is 2.54. The Morgan fingerprint density at radius 3 is 3.27 bits per heavy atom. The average Bonchev–Trinajstić information content (AvgIpc) is 2.70. The molecule has 1 saturated heterocycles. The predicted octanol–water partition coefficient (Wildman–Crippen LogP) is 2.42. The van der Waals surface area contributed by atoms with Gasteiger partial charge in [0.2, 0.25) is 0 Å². The Balaban J connectivity index is 2.26. The van der Waals surface area contributed by atoms with Crippen LogP contribution in [0.5, 0.6) is 0 Å². The van der Waals surface area contributed by atoms with Crippen molar-refractivity contribution >= 4 is 18.0 Å². The Morgan fingerprint density at radius 1 is 1.73 bits per heavy atom. The molecule has 1 unspecified atom stereocenters. The number of H-pyrrole nitrogens is 1. The van der Waals surface area contributed by atoms with Crippen LogP contribution in [0, 0.1) is 4.64 Å². The van der Waals surface area contributed by atoms with Crippen molar-refractivity contribution in [2.45, 2.75) is 25.9 Å². The zero-order valence-electron chi connectivity index (χ0n) is 8.75. The Bertz CT molecular complexity index is 384. The first kappa shape index (κ1) is 10.6. The number of ether oxygens (including phenoxy) is 1. The molecule has 4 nitrogen and oxygen atoms in total. The molecule has 1 aromatic heterocycles. The average molecular weight is 225 g/mol. The van der Waals surface area contributed by atoms with Crippen molar-refractivity contribution in [3.63, 3.8) is 0 Å². The van der Waals surface area contributed by atoms with Gasteiger partial charge in [0.15, 0.2) is 0 Å². The normalized spacial score (nSPS) is 20.5. The molecule has 0 aliphatic carbocycles. The summed E-state index contributed by atoms with van der Waals surface area (Å²) in [6, 6.07) is 1.83. The van der Waals surface area contributed by atoms with Gasteiger partial charge in [-0.3, -0.25) is 0 Å². The van der Waals surface area contributed by atoms with Crippen molar-refractivity contribution in [1.82, 2.24) is 9.97 Å². The first-order valence-electron chi connectivity index (χ1n) is 5.26. The summed E-state index contributed by atoms with van der Waals surface area (Å²) < 4.78 is 6.17. The van der Waals surface area contributed by atoms with Gasteiger partial charge in [0, 0.05) is 19.2 Å². The molecule has 0 bridgehead atoms. The molecule has 15 heavy (non-hydrogen) atoms. The van der Waals surface area contributed by atoms with Crippen LogP contribution in [-0.2, 0) is 4.74 Å². The van der Waals surface area contributed by atoms with E-state index in [0.717, 1.165) is 37.6 Å². The minimum absolute atomic E-state index is 0.0882. The Morgan fingerprint density at radius 2 is 2.60 bits per heavy atom. The van der Waals surface area contributed by atoms with Crippen LogP contribution in [0.15, 0.2) is 6.07 Å². The van der Waals surface area contributed by atoms with E-state index >= 15 is 0 Å². The Hall–Kier alpha value is -0.940. The summed E-state index contributed by atoms with van der Waals surface area (Å²) in [6.07, 6.45) is 2.21. The van der Waals surface area contributed by atoms with Crippen LogP contribution in [-0.4, -0.2) is 23.1 Å². The van der Waals surface area contributed by atoms with Crippen LogP contribution >= 0.6 is 12.2 Å². The van der Waals surface area contributed by atoms with E-state index in [1.54, 1.807) is 0 Å². The molecule has 0 spiro atoms. The molecular weight excluding hydrogens is 210 g/mol. The summed E-state index contributed by atoms with van der Waals surface area (Å²) in [5.41, 5.74) is 0. The minimum atomic E-state index is 0.0882. The molecule has 0 saturated carbocycles. The summed E-state index contributed by atoms with van der Waals surface area (Å²) in [5.74, 6) is 1.76. The lowest BCUT2D eigenvalue weighted by Crippen LogP contribution is -2.07. The smallest absolute Gasteiger partial charge is 0.138 e. The van der Waals surface area contributed by atoms with E-state index in [2.05, 4.69) is 15.3 Å². The monoisotopic (exact) mass is 225 g/mol. The van der Waals surface area contributed by atoms with Crippen LogP contribution in [0.2, 0.25) is 0 Å². The number of anilines is 1. The fourth-order valence-electron chi connectivity index (χ4n) is 1.71. The molecule has 2 N–H and O–H groups in total. The first-order chi connectivity index (χ1) is 7.29. The highest BCUT2D eigenvalue weighted by Gasteiger charge is 2.19. The fourth-order valence-corrected chi connectivity index (χ4v) is 1.92. The van der Waals surface area contributed by atoms with Crippen LogP contribution < -0.4 is 5.32 Å².